The lowest BCUT2D eigenvalue weighted by Gasteiger charge is -2.13. The molecule has 1 heterocycles. The van der Waals surface area contributed by atoms with Gasteiger partial charge in [0.15, 0.2) is 10.9 Å². The van der Waals surface area contributed by atoms with Gasteiger partial charge in [0.25, 0.3) is 11.8 Å². The summed E-state index contributed by atoms with van der Waals surface area (Å²) in [4.78, 5) is 27.0. The van der Waals surface area contributed by atoms with Crippen LogP contribution in [-0.4, -0.2) is 22.7 Å². The Morgan fingerprint density at radius 3 is 2.44 bits per heavy atom. The van der Waals surface area contributed by atoms with E-state index in [1.807, 2.05) is 72.8 Å². The third-order valence-corrected chi connectivity index (χ3v) is 6.40. The lowest BCUT2D eigenvalue weighted by atomic mass is 10.2. The van der Waals surface area contributed by atoms with E-state index in [0.717, 1.165) is 11.3 Å². The first-order chi connectivity index (χ1) is 15.5. The fraction of sp³-hybridized carbons (Fsp3) is 0.0417. The fourth-order valence-corrected chi connectivity index (χ4v) is 4.81. The van der Waals surface area contributed by atoms with Crippen LogP contribution in [0.1, 0.15) is 5.56 Å². The van der Waals surface area contributed by atoms with Crippen LogP contribution in [0.15, 0.2) is 88.2 Å². The van der Waals surface area contributed by atoms with Crippen LogP contribution in [0.3, 0.4) is 0 Å². The number of para-hydroxylation sites is 2. The zero-order chi connectivity index (χ0) is 22.5. The molecule has 32 heavy (non-hydrogen) atoms. The zero-order valence-corrected chi connectivity index (χ0v) is 19.9. The van der Waals surface area contributed by atoms with Crippen molar-refractivity contribution in [2.45, 2.75) is 0 Å². The van der Waals surface area contributed by atoms with Gasteiger partial charge in [-0.2, -0.15) is 0 Å². The van der Waals surface area contributed by atoms with E-state index in [2.05, 4.69) is 21.2 Å². The number of carbonyl (C=O) groups is 2. The summed E-state index contributed by atoms with van der Waals surface area (Å²) in [6.45, 7) is -0.122. The maximum absolute atomic E-state index is 12.9. The van der Waals surface area contributed by atoms with Crippen LogP contribution in [0, 0.1) is 0 Å². The summed E-state index contributed by atoms with van der Waals surface area (Å²) in [6, 6.07) is 23.9. The molecule has 0 radical (unpaired) electrons. The van der Waals surface area contributed by atoms with Gasteiger partial charge in [-0.3, -0.25) is 14.5 Å². The minimum absolute atomic E-state index is 0.122. The molecule has 5 nitrogen and oxygen atoms in total. The summed E-state index contributed by atoms with van der Waals surface area (Å²) in [5, 5.41) is 2.77. The Kier molecular flexibility index (Phi) is 7.04. The largest absolute Gasteiger partial charge is 0.483 e. The van der Waals surface area contributed by atoms with Crippen LogP contribution in [0.4, 0.5) is 11.4 Å². The van der Waals surface area contributed by atoms with Gasteiger partial charge in [0.2, 0.25) is 0 Å². The van der Waals surface area contributed by atoms with Crippen LogP contribution in [0.2, 0.25) is 0 Å². The van der Waals surface area contributed by atoms with Crippen molar-refractivity contribution in [1.29, 1.82) is 0 Å². The summed E-state index contributed by atoms with van der Waals surface area (Å²) < 4.78 is 6.80. The number of halogens is 1. The van der Waals surface area contributed by atoms with Gasteiger partial charge in [0.1, 0.15) is 5.75 Å². The first-order valence-corrected chi connectivity index (χ1v) is 11.6. The second-order valence-corrected chi connectivity index (χ2v) is 9.28. The predicted octanol–water partition coefficient (Wildman–Crippen LogP) is 5.87. The Morgan fingerprint density at radius 2 is 1.75 bits per heavy atom. The molecule has 1 saturated heterocycles. The SMILES string of the molecule is O=C(COc1ccc(/C=C2/SC(=S)N(c3ccccc3)C2=O)cc1Br)Nc1ccccc1. The molecule has 0 unspecified atom stereocenters. The molecule has 0 atom stereocenters. The minimum Gasteiger partial charge on any atom is -0.483 e. The second kappa shape index (κ2) is 10.1. The van der Waals surface area contributed by atoms with E-state index in [4.69, 9.17) is 17.0 Å². The Hall–Kier alpha value is -2.94. The summed E-state index contributed by atoms with van der Waals surface area (Å²) in [5.41, 5.74) is 2.27. The number of rotatable bonds is 6. The number of thiocarbonyl (C=S) groups is 1. The Bertz CT molecular complexity index is 1200. The number of hydrogen-bond donors (Lipinski definition) is 1. The van der Waals surface area contributed by atoms with E-state index >= 15 is 0 Å². The van der Waals surface area contributed by atoms with Gasteiger partial charge in [-0.15, -0.1) is 0 Å². The molecule has 0 spiro atoms. The third kappa shape index (κ3) is 5.27. The minimum atomic E-state index is -0.253. The van der Waals surface area contributed by atoms with E-state index in [0.29, 0.717) is 25.1 Å². The van der Waals surface area contributed by atoms with E-state index in [9.17, 15) is 9.59 Å². The smallest absolute Gasteiger partial charge is 0.270 e. The second-order valence-electron chi connectivity index (χ2n) is 6.75. The normalized spacial score (nSPS) is 14.7. The highest BCUT2D eigenvalue weighted by Gasteiger charge is 2.33. The number of nitrogens with zero attached hydrogens (tertiary/aromatic N) is 1. The van der Waals surface area contributed by atoms with Gasteiger partial charge >= 0.3 is 0 Å². The molecule has 1 fully saturated rings. The van der Waals surface area contributed by atoms with Gasteiger partial charge in [-0.05, 0) is 64.0 Å². The molecule has 160 valence electrons. The van der Waals surface area contributed by atoms with Crippen LogP contribution in [0.5, 0.6) is 5.75 Å². The van der Waals surface area contributed by atoms with Crippen LogP contribution in [0.25, 0.3) is 6.08 Å². The lowest BCUT2D eigenvalue weighted by Crippen LogP contribution is -2.27. The summed E-state index contributed by atoms with van der Waals surface area (Å²) in [6.07, 6.45) is 1.79. The first-order valence-electron chi connectivity index (χ1n) is 9.61. The molecule has 3 aromatic rings. The molecule has 0 saturated carbocycles. The molecule has 1 N–H and O–H groups in total. The molecular weight excluding hydrogens is 508 g/mol. The quantitative estimate of drug-likeness (QED) is 0.322. The molecule has 0 aromatic heterocycles. The van der Waals surface area contributed by atoms with Gasteiger partial charge < -0.3 is 10.1 Å². The molecule has 3 aromatic carbocycles. The number of hydrogen-bond acceptors (Lipinski definition) is 5. The monoisotopic (exact) mass is 524 g/mol. The van der Waals surface area contributed by atoms with Crippen molar-refractivity contribution in [3.8, 4) is 5.75 Å². The van der Waals surface area contributed by atoms with Crippen LogP contribution >= 0.6 is 39.9 Å². The van der Waals surface area contributed by atoms with E-state index in [1.165, 1.54) is 16.7 Å². The van der Waals surface area contributed by atoms with Gasteiger partial charge in [0.05, 0.1) is 15.1 Å². The van der Waals surface area contributed by atoms with E-state index in [1.54, 1.807) is 12.1 Å². The number of ether oxygens (including phenoxy) is 1. The molecular formula is C24H17BrN2O3S2. The molecule has 4 rings (SSSR count). The Balaban J connectivity index is 1.42. The van der Waals surface area contributed by atoms with Crippen LogP contribution in [-0.2, 0) is 9.59 Å². The number of carbonyl (C=O) groups excluding carboxylic acids is 2. The van der Waals surface area contributed by atoms with Crippen molar-refractivity contribution in [2.24, 2.45) is 0 Å². The summed E-state index contributed by atoms with van der Waals surface area (Å²) >= 11 is 10.1. The topological polar surface area (TPSA) is 58.6 Å². The summed E-state index contributed by atoms with van der Waals surface area (Å²) in [7, 11) is 0. The van der Waals surface area contributed by atoms with Crippen LogP contribution < -0.4 is 15.0 Å². The van der Waals surface area contributed by atoms with Gasteiger partial charge in [-0.1, -0.05) is 66.4 Å². The van der Waals surface area contributed by atoms with E-state index < -0.39 is 0 Å². The first kappa shape index (κ1) is 22.3. The maximum Gasteiger partial charge on any atom is 0.270 e. The standard InChI is InChI=1S/C24H17BrN2O3S2/c25-19-13-16(11-12-20(19)30-15-22(28)26-17-7-3-1-4-8-17)14-21-23(29)27(24(31)32-21)18-9-5-2-6-10-18/h1-14H,15H2,(H,26,28)/b21-14+. The van der Waals surface area contributed by atoms with Crippen molar-refractivity contribution >= 4 is 73.5 Å². The van der Waals surface area contributed by atoms with Crippen molar-refractivity contribution in [2.75, 3.05) is 16.8 Å². The molecule has 8 heteroatoms. The van der Waals surface area contributed by atoms with Crippen molar-refractivity contribution in [3.05, 3.63) is 93.8 Å². The van der Waals surface area contributed by atoms with Crippen molar-refractivity contribution < 1.29 is 14.3 Å². The molecule has 1 aliphatic rings. The predicted molar refractivity (Wildman–Crippen MR) is 137 cm³/mol. The highest BCUT2D eigenvalue weighted by Crippen LogP contribution is 2.36. The van der Waals surface area contributed by atoms with E-state index in [-0.39, 0.29) is 18.4 Å². The highest BCUT2D eigenvalue weighted by atomic mass is 79.9. The van der Waals surface area contributed by atoms with Crippen molar-refractivity contribution in [1.82, 2.24) is 0 Å². The highest BCUT2D eigenvalue weighted by molar-refractivity contribution is 9.10. The molecule has 1 aliphatic heterocycles. The number of amides is 2. The molecule has 0 aliphatic carbocycles. The van der Waals surface area contributed by atoms with Gasteiger partial charge in [-0.25, -0.2) is 0 Å². The number of nitrogens with one attached hydrogen (secondary N) is 1. The Labute approximate surface area is 203 Å². The molecule has 2 amide bonds. The zero-order valence-electron chi connectivity index (χ0n) is 16.7. The summed E-state index contributed by atoms with van der Waals surface area (Å²) in [5.74, 6) is 0.124. The molecule has 0 bridgehead atoms. The average Bonchev–Trinajstić information content (AvgIpc) is 3.07. The van der Waals surface area contributed by atoms with Gasteiger partial charge in [0, 0.05) is 5.69 Å². The number of anilines is 2. The fourth-order valence-electron chi connectivity index (χ4n) is 3.00. The third-order valence-electron chi connectivity index (χ3n) is 4.48. The Morgan fingerprint density at radius 1 is 1.06 bits per heavy atom. The van der Waals surface area contributed by atoms with Crippen molar-refractivity contribution in [3.63, 3.8) is 0 Å². The number of benzene rings is 3. The average molecular weight is 525 g/mol. The maximum atomic E-state index is 12.9. The number of thioether (sulfide) groups is 1. The lowest BCUT2D eigenvalue weighted by molar-refractivity contribution is -0.118.